The number of allylic oxidation sites excluding steroid dienone is 2. The molecule has 0 saturated carbocycles. The van der Waals surface area contributed by atoms with Gasteiger partial charge in [0.05, 0.1) is 0 Å². The first kappa shape index (κ1) is 10.7. The van der Waals surface area contributed by atoms with E-state index in [0.717, 1.165) is 19.3 Å². The van der Waals surface area contributed by atoms with E-state index in [-0.39, 0.29) is 11.2 Å². The highest BCUT2D eigenvalue weighted by Gasteiger charge is 2.07. The summed E-state index contributed by atoms with van der Waals surface area (Å²) in [6, 6.07) is 0. The van der Waals surface area contributed by atoms with Crippen molar-refractivity contribution in [2.75, 3.05) is 0 Å². The molecule has 0 saturated heterocycles. The lowest BCUT2D eigenvalue weighted by atomic mass is 10.1. The summed E-state index contributed by atoms with van der Waals surface area (Å²) in [5.74, 6) is -0.00169. The van der Waals surface area contributed by atoms with Gasteiger partial charge in [0.15, 0.2) is 0 Å². The van der Waals surface area contributed by atoms with E-state index in [9.17, 15) is 4.79 Å². The molecule has 1 unspecified atom stereocenters. The van der Waals surface area contributed by atoms with E-state index in [1.165, 1.54) is 0 Å². The zero-order valence-corrected chi connectivity index (χ0v) is 7.90. The van der Waals surface area contributed by atoms with E-state index in [1.807, 2.05) is 6.92 Å². The summed E-state index contributed by atoms with van der Waals surface area (Å²) >= 11 is 5.28. The van der Waals surface area contributed by atoms with Crippen LogP contribution in [0.1, 0.15) is 33.1 Å². The van der Waals surface area contributed by atoms with Gasteiger partial charge in [-0.15, -0.1) is 0 Å². The van der Waals surface area contributed by atoms with Gasteiger partial charge in [-0.05, 0) is 30.9 Å². The molecule has 1 atom stereocenters. The van der Waals surface area contributed by atoms with Crippen LogP contribution in [0.3, 0.4) is 0 Å². The Labute approximate surface area is 73.4 Å². The largest absolute Gasteiger partial charge is 0.281 e. The van der Waals surface area contributed by atoms with Gasteiger partial charge in [-0.3, -0.25) is 4.79 Å². The quantitative estimate of drug-likeness (QED) is 0.462. The molecule has 0 aliphatic heterocycles. The fourth-order valence-electron chi connectivity index (χ4n) is 0.744. The second-order valence-electron chi connectivity index (χ2n) is 2.66. The monoisotopic (exact) mass is 174 g/mol. The Hall–Kier alpha value is -0.300. The van der Waals surface area contributed by atoms with Crippen LogP contribution >= 0.6 is 11.6 Å². The molecule has 11 heavy (non-hydrogen) atoms. The van der Waals surface area contributed by atoms with Crippen LogP contribution in [0.5, 0.6) is 0 Å². The van der Waals surface area contributed by atoms with Crippen LogP contribution in [0, 0.1) is 5.92 Å². The van der Waals surface area contributed by atoms with Gasteiger partial charge in [-0.1, -0.05) is 26.0 Å². The number of carbonyl (C=O) groups is 1. The molecule has 0 radical (unpaired) electrons. The predicted octanol–water partition coefficient (Wildman–Crippen LogP) is 3.13. The maximum absolute atomic E-state index is 10.5. The van der Waals surface area contributed by atoms with Gasteiger partial charge in [-0.25, -0.2) is 0 Å². The molecule has 0 heterocycles. The predicted molar refractivity (Wildman–Crippen MR) is 48.7 cm³/mol. The molecule has 0 aliphatic carbocycles. The maximum atomic E-state index is 10.5. The lowest BCUT2D eigenvalue weighted by Crippen LogP contribution is -2.02. The maximum Gasteiger partial charge on any atom is 0.224 e. The van der Waals surface area contributed by atoms with Gasteiger partial charge < -0.3 is 0 Å². The summed E-state index contributed by atoms with van der Waals surface area (Å²) < 4.78 is 0. The first-order chi connectivity index (χ1) is 5.18. The van der Waals surface area contributed by atoms with Crippen molar-refractivity contribution in [3.63, 3.8) is 0 Å². The van der Waals surface area contributed by atoms with Crippen molar-refractivity contribution in [1.82, 2.24) is 0 Å². The normalized spacial score (nSPS) is 13.7. The van der Waals surface area contributed by atoms with E-state index in [2.05, 4.69) is 19.1 Å². The molecule has 64 valence electrons. The molecule has 0 spiro atoms. The topological polar surface area (TPSA) is 17.1 Å². The van der Waals surface area contributed by atoms with E-state index in [4.69, 9.17) is 11.6 Å². The van der Waals surface area contributed by atoms with E-state index in [1.54, 1.807) is 0 Å². The number of hydrogen-bond donors (Lipinski definition) is 0. The Balaban J connectivity index is 3.38. The van der Waals surface area contributed by atoms with Gasteiger partial charge in [0.1, 0.15) is 0 Å². The fraction of sp³-hybridized carbons (Fsp3) is 0.667. The summed E-state index contributed by atoms with van der Waals surface area (Å²) in [6.07, 6.45) is 7.07. The molecule has 1 nitrogen and oxygen atoms in total. The molecule has 0 aromatic rings. The van der Waals surface area contributed by atoms with Crippen molar-refractivity contribution in [2.24, 2.45) is 5.92 Å². The highest BCUT2D eigenvalue weighted by Crippen LogP contribution is 2.09. The molecule has 0 bridgehead atoms. The number of carbonyl (C=O) groups excluding carboxylic acids is 1. The third kappa shape index (κ3) is 6.11. The Bertz CT molecular complexity index is 140. The molecule has 0 fully saturated rings. The summed E-state index contributed by atoms with van der Waals surface area (Å²) in [7, 11) is 0. The second-order valence-corrected chi connectivity index (χ2v) is 3.03. The summed E-state index contributed by atoms with van der Waals surface area (Å²) in [6.45, 7) is 3.95. The van der Waals surface area contributed by atoms with Gasteiger partial charge in [0.2, 0.25) is 5.24 Å². The Kier molecular flexibility index (Phi) is 6.24. The van der Waals surface area contributed by atoms with Gasteiger partial charge >= 0.3 is 0 Å². The second kappa shape index (κ2) is 6.41. The van der Waals surface area contributed by atoms with Crippen LogP contribution in [-0.4, -0.2) is 5.24 Å². The number of rotatable bonds is 5. The van der Waals surface area contributed by atoms with Crippen LogP contribution in [0.4, 0.5) is 0 Å². The van der Waals surface area contributed by atoms with Crippen LogP contribution < -0.4 is 0 Å². The molecule has 0 rings (SSSR count). The van der Waals surface area contributed by atoms with E-state index < -0.39 is 0 Å². The molecule has 0 aromatic heterocycles. The molecule has 2 heteroatoms. The zero-order chi connectivity index (χ0) is 8.69. The summed E-state index contributed by atoms with van der Waals surface area (Å²) in [5.41, 5.74) is 0. The third-order valence-corrected chi connectivity index (χ3v) is 1.93. The Morgan fingerprint density at radius 2 is 2.18 bits per heavy atom. The smallest absolute Gasteiger partial charge is 0.224 e. The SMILES string of the molecule is CCC=CCCC(C)C(=O)Cl. The zero-order valence-electron chi connectivity index (χ0n) is 7.14. The average Bonchev–Trinajstić information content (AvgIpc) is 1.97. The number of hydrogen-bond acceptors (Lipinski definition) is 1. The lowest BCUT2D eigenvalue weighted by Gasteiger charge is -2.01. The highest BCUT2D eigenvalue weighted by molar-refractivity contribution is 6.63. The van der Waals surface area contributed by atoms with E-state index in [0.29, 0.717) is 0 Å². The minimum Gasteiger partial charge on any atom is -0.281 e. The van der Waals surface area contributed by atoms with Crippen LogP contribution in [0.2, 0.25) is 0 Å². The minimum atomic E-state index is -0.227. The highest BCUT2D eigenvalue weighted by atomic mass is 35.5. The van der Waals surface area contributed by atoms with Gasteiger partial charge in [-0.2, -0.15) is 0 Å². The van der Waals surface area contributed by atoms with Gasteiger partial charge in [0.25, 0.3) is 0 Å². The minimum absolute atomic E-state index is 0.00169. The third-order valence-electron chi connectivity index (χ3n) is 1.56. The summed E-state index contributed by atoms with van der Waals surface area (Å²) in [4.78, 5) is 10.5. The van der Waals surface area contributed by atoms with Crippen molar-refractivity contribution in [3.05, 3.63) is 12.2 Å². The van der Waals surface area contributed by atoms with E-state index >= 15 is 0 Å². The Morgan fingerprint density at radius 1 is 1.55 bits per heavy atom. The Morgan fingerprint density at radius 3 is 2.64 bits per heavy atom. The molecule has 0 amide bonds. The van der Waals surface area contributed by atoms with Crippen molar-refractivity contribution in [2.45, 2.75) is 33.1 Å². The molecular formula is C9H15ClO. The first-order valence-corrected chi connectivity index (χ1v) is 4.40. The van der Waals surface area contributed by atoms with Crippen LogP contribution in [0.25, 0.3) is 0 Å². The van der Waals surface area contributed by atoms with Gasteiger partial charge in [0, 0.05) is 5.92 Å². The van der Waals surface area contributed by atoms with Crippen LogP contribution in [-0.2, 0) is 4.79 Å². The fourth-order valence-corrected chi connectivity index (χ4v) is 0.853. The molecular weight excluding hydrogens is 160 g/mol. The molecule has 0 N–H and O–H groups in total. The van der Waals surface area contributed by atoms with Crippen molar-refractivity contribution in [1.29, 1.82) is 0 Å². The van der Waals surface area contributed by atoms with Crippen molar-refractivity contribution < 1.29 is 4.79 Å². The molecule has 0 aromatic carbocycles. The van der Waals surface area contributed by atoms with Crippen LogP contribution in [0.15, 0.2) is 12.2 Å². The summed E-state index contributed by atoms with van der Waals surface area (Å²) in [5, 5.41) is -0.227. The average molecular weight is 175 g/mol. The van der Waals surface area contributed by atoms with Crippen molar-refractivity contribution >= 4 is 16.8 Å². The van der Waals surface area contributed by atoms with Crippen molar-refractivity contribution in [3.8, 4) is 0 Å². The lowest BCUT2D eigenvalue weighted by molar-refractivity contribution is -0.114. The number of halogens is 1. The standard InChI is InChI=1S/C9H15ClO/c1-3-4-5-6-7-8(2)9(10)11/h4-5,8H,3,6-7H2,1-2H3. The molecule has 0 aliphatic rings. The first-order valence-electron chi connectivity index (χ1n) is 4.02.